The molecule has 5 heteroatoms. The highest BCUT2D eigenvalue weighted by molar-refractivity contribution is 7.27. The van der Waals surface area contributed by atoms with Gasteiger partial charge in [0, 0.05) is 0 Å². The third kappa shape index (κ3) is 1.06. The van der Waals surface area contributed by atoms with Crippen LogP contribution in [-0.4, -0.2) is 4.79 Å². The maximum absolute atomic E-state index is 8.83. The summed E-state index contributed by atoms with van der Waals surface area (Å²) >= 11 is 1.86. The Hall–Kier alpha value is -1.17. The molecule has 0 amide bonds. The van der Waals surface area contributed by atoms with Crippen molar-refractivity contribution in [1.82, 2.24) is 0 Å². The number of hydrogen-bond donors (Lipinski definition) is 0. The second-order valence-electron chi connectivity index (χ2n) is 1.35. The smallest absolute Gasteiger partial charge is 0.253 e. The van der Waals surface area contributed by atoms with Crippen LogP contribution in [0.15, 0.2) is 0 Å². The average molecular weight is 169 g/mol. The average Bonchev–Trinajstić information content (AvgIpc) is 2.30. The molecule has 0 unspecified atom stereocenters. The highest BCUT2D eigenvalue weighted by atomic mass is 32.2. The summed E-state index contributed by atoms with van der Waals surface area (Å²) in [5.74, 6) is 0. The Morgan fingerprint density at radius 2 is 1.50 bits per heavy atom. The molecular formula is C5HN2OS2+. The predicted molar refractivity (Wildman–Crippen MR) is 36.7 cm³/mol. The fourth-order valence-electron chi connectivity index (χ4n) is 0.435. The molecule has 1 aromatic heterocycles. The Balaban J connectivity index is 3.43. The molecule has 0 aliphatic rings. The normalized spacial score (nSPS) is 8.20. The fraction of sp³-hybridized carbons (Fsp3) is 0. The van der Waals surface area contributed by atoms with E-state index in [-0.39, 0.29) is 13.8 Å². The second-order valence-corrected chi connectivity index (χ2v) is 3.61. The third-order valence-electron chi connectivity index (χ3n) is 0.788. The second kappa shape index (κ2) is 2.61. The molecule has 1 aromatic rings. The van der Waals surface area contributed by atoms with Crippen molar-refractivity contribution in [2.45, 2.75) is 0 Å². The van der Waals surface area contributed by atoms with Crippen molar-refractivity contribution in [2.24, 2.45) is 0 Å². The van der Waals surface area contributed by atoms with Gasteiger partial charge in [-0.25, -0.2) is 0 Å². The number of rotatable bonds is 0. The first-order valence-electron chi connectivity index (χ1n) is 2.24. The van der Waals surface area contributed by atoms with E-state index in [1.165, 1.54) is 0 Å². The van der Waals surface area contributed by atoms with Crippen molar-refractivity contribution in [3.05, 3.63) is 13.8 Å². The van der Waals surface area contributed by atoms with E-state index in [4.69, 9.17) is 15.3 Å². The minimum atomic E-state index is 0.0492. The van der Waals surface area contributed by atoms with Crippen LogP contribution < -0.4 is 4.06 Å². The summed E-state index contributed by atoms with van der Waals surface area (Å²) in [6.07, 6.45) is 0. The monoisotopic (exact) mass is 169 g/mol. The Bertz CT molecular complexity index is 341. The molecule has 0 bridgehead atoms. The van der Waals surface area contributed by atoms with E-state index < -0.39 is 0 Å². The molecule has 1 heterocycles. The topological polar surface area (TPSA) is 69.0 Å². The summed E-state index contributed by atoms with van der Waals surface area (Å²) < 4.78 is 0.0492. The van der Waals surface area contributed by atoms with Gasteiger partial charge in [-0.2, -0.15) is 10.5 Å². The molecule has 0 saturated carbocycles. The molecule has 48 valence electrons. The summed E-state index contributed by atoms with van der Waals surface area (Å²) in [5, 5.41) is 16.7. The molecule has 10 heavy (non-hydrogen) atoms. The quantitative estimate of drug-likeness (QED) is 0.532. The first-order chi connectivity index (χ1) is 4.77. The van der Waals surface area contributed by atoms with E-state index in [1.807, 2.05) is 12.1 Å². The summed E-state index contributed by atoms with van der Waals surface area (Å²) in [4.78, 5) is 9.40. The molecule has 3 nitrogen and oxygen atoms in total. The van der Waals surface area contributed by atoms with Gasteiger partial charge in [-0.15, -0.1) is 0 Å². The van der Waals surface area contributed by atoms with Crippen LogP contribution in [0.5, 0.6) is 0 Å². The van der Waals surface area contributed by atoms with E-state index in [0.29, 0.717) is 0 Å². The Kier molecular flexibility index (Phi) is 1.81. The van der Waals surface area contributed by atoms with Crippen LogP contribution in [0.3, 0.4) is 0 Å². The van der Waals surface area contributed by atoms with Gasteiger partial charge in [0.05, 0.1) is 0 Å². The van der Waals surface area contributed by atoms with Crippen molar-refractivity contribution >= 4 is 22.7 Å². The zero-order valence-corrected chi connectivity index (χ0v) is 6.29. The molecule has 0 fully saturated rings. The van der Waals surface area contributed by atoms with Gasteiger partial charge in [0.1, 0.15) is 21.9 Å². The van der Waals surface area contributed by atoms with Gasteiger partial charge in [0.15, 0.2) is 0 Å². The first-order valence-corrected chi connectivity index (χ1v) is 3.87. The van der Waals surface area contributed by atoms with E-state index in [9.17, 15) is 0 Å². The van der Waals surface area contributed by atoms with Crippen LogP contribution in [0.4, 0.5) is 0 Å². The van der Waals surface area contributed by atoms with Crippen molar-refractivity contribution in [2.75, 3.05) is 0 Å². The number of hydrogen-bond acceptors (Lipinski definition) is 4. The lowest BCUT2D eigenvalue weighted by Crippen LogP contribution is -1.79. The van der Waals surface area contributed by atoms with Gasteiger partial charge in [-0.1, -0.05) is 0 Å². The van der Waals surface area contributed by atoms with Gasteiger partial charge >= 0.3 is 4.06 Å². The summed E-state index contributed by atoms with van der Waals surface area (Å²) in [6.45, 7) is 0. The van der Waals surface area contributed by atoms with Crippen LogP contribution in [0.1, 0.15) is 9.75 Å². The van der Waals surface area contributed by atoms with Gasteiger partial charge in [-0.05, 0) is 22.7 Å². The van der Waals surface area contributed by atoms with Crippen LogP contribution in [0, 0.1) is 22.7 Å². The van der Waals surface area contributed by atoms with E-state index in [2.05, 4.69) is 0 Å². The van der Waals surface area contributed by atoms with Gasteiger partial charge in [0.2, 0.25) is 0 Å². The molecule has 0 radical (unpaired) electrons. The molecule has 0 aliphatic carbocycles. The molecular weight excluding hydrogens is 168 g/mol. The summed E-state index contributed by atoms with van der Waals surface area (Å²) in [7, 11) is 0. The number of nitrogens with zero attached hydrogens (tertiary/aromatic N) is 2. The molecule has 0 spiro atoms. The number of nitriles is 2. The van der Waals surface area contributed by atoms with E-state index >= 15 is 0 Å². The predicted octanol–water partition coefficient (Wildman–Crippen LogP) is 0.558. The maximum Gasteiger partial charge on any atom is 0.459 e. The zero-order chi connectivity index (χ0) is 7.56. The minimum absolute atomic E-state index is 0.0492. The maximum atomic E-state index is 8.83. The summed E-state index contributed by atoms with van der Waals surface area (Å²) in [6, 6.07) is 3.63. The van der Waals surface area contributed by atoms with Crippen LogP contribution >= 0.6 is 22.7 Å². The SMILES string of the molecule is N#Cc1sc(=[OH+])sc1C#N. The summed E-state index contributed by atoms with van der Waals surface area (Å²) in [5.41, 5.74) is 0. The standard InChI is InChI=1S/C5N2OS2/c6-1-3-4(2-7)10-5(8)9-3/p+1. The lowest BCUT2D eigenvalue weighted by Gasteiger charge is -1.70. The van der Waals surface area contributed by atoms with E-state index in [0.717, 1.165) is 22.7 Å². The van der Waals surface area contributed by atoms with Crippen molar-refractivity contribution in [3.63, 3.8) is 0 Å². The molecule has 1 N–H and O–H groups in total. The molecule has 0 saturated heterocycles. The minimum Gasteiger partial charge on any atom is -0.253 e. The van der Waals surface area contributed by atoms with Crippen molar-refractivity contribution in [1.29, 1.82) is 10.5 Å². The third-order valence-corrected chi connectivity index (χ3v) is 2.77. The van der Waals surface area contributed by atoms with Crippen LogP contribution in [0.2, 0.25) is 0 Å². The Morgan fingerprint density at radius 1 is 1.10 bits per heavy atom. The lowest BCUT2D eigenvalue weighted by molar-refractivity contribution is 0.607. The zero-order valence-electron chi connectivity index (χ0n) is 4.66. The van der Waals surface area contributed by atoms with E-state index in [1.54, 1.807) is 0 Å². The van der Waals surface area contributed by atoms with Gasteiger partial charge in [0.25, 0.3) is 0 Å². The fourth-order valence-corrected chi connectivity index (χ4v) is 2.07. The Labute approximate surface area is 64.4 Å². The van der Waals surface area contributed by atoms with Crippen LogP contribution in [-0.2, 0) is 0 Å². The highest BCUT2D eigenvalue weighted by Gasteiger charge is 2.09. The molecule has 0 aliphatic heterocycles. The Morgan fingerprint density at radius 3 is 1.80 bits per heavy atom. The van der Waals surface area contributed by atoms with Crippen molar-refractivity contribution < 1.29 is 4.79 Å². The van der Waals surface area contributed by atoms with Gasteiger partial charge in [-0.3, -0.25) is 4.79 Å². The first kappa shape index (κ1) is 6.94. The van der Waals surface area contributed by atoms with Gasteiger partial charge < -0.3 is 0 Å². The highest BCUT2D eigenvalue weighted by Crippen LogP contribution is 2.13. The lowest BCUT2D eigenvalue weighted by atomic mass is 10.5. The largest absolute Gasteiger partial charge is 0.459 e. The molecule has 1 rings (SSSR count). The van der Waals surface area contributed by atoms with Crippen molar-refractivity contribution in [3.8, 4) is 12.1 Å². The molecule has 0 atom stereocenters. The van der Waals surface area contributed by atoms with Crippen LogP contribution in [0.25, 0.3) is 0 Å². The molecule has 0 aromatic carbocycles.